The molecule has 0 amide bonds. The first-order chi connectivity index (χ1) is 10.0. The Hall–Kier alpha value is -1.26. The van der Waals surface area contributed by atoms with E-state index in [-0.39, 0.29) is 11.2 Å². The molecule has 0 fully saturated rings. The molecule has 0 N–H and O–H groups in total. The highest BCUT2D eigenvalue weighted by molar-refractivity contribution is 9.10. The van der Waals surface area contributed by atoms with Gasteiger partial charge in [-0.25, -0.2) is 4.39 Å². The van der Waals surface area contributed by atoms with Crippen LogP contribution in [0.5, 0.6) is 11.5 Å². The van der Waals surface area contributed by atoms with Crippen LogP contribution in [0.4, 0.5) is 4.39 Å². The number of methoxy groups -OCH3 is 2. The first-order valence-corrected chi connectivity index (χ1v) is 7.58. The van der Waals surface area contributed by atoms with Crippen molar-refractivity contribution in [1.82, 2.24) is 0 Å². The highest BCUT2D eigenvalue weighted by Crippen LogP contribution is 2.36. The zero-order valence-corrected chi connectivity index (χ0v) is 14.0. The SMILES string of the molecule is COc1ccc(CC(Cl)c2cc(Br)c(F)cc2OC)cc1. The van der Waals surface area contributed by atoms with Crippen LogP contribution in [0.3, 0.4) is 0 Å². The molecule has 0 bridgehead atoms. The standard InChI is InChI=1S/C16H15BrClFO2/c1-20-11-5-3-10(4-6-11)7-14(18)12-8-13(17)15(19)9-16(12)21-2/h3-6,8-9,14H,7H2,1-2H3. The van der Waals surface area contributed by atoms with Gasteiger partial charge in [-0.1, -0.05) is 12.1 Å². The Bertz CT molecular complexity index is 616. The average Bonchev–Trinajstić information content (AvgIpc) is 2.50. The lowest BCUT2D eigenvalue weighted by Crippen LogP contribution is -2.00. The van der Waals surface area contributed by atoms with E-state index in [9.17, 15) is 4.39 Å². The summed E-state index contributed by atoms with van der Waals surface area (Å²) in [5.74, 6) is 0.875. The van der Waals surface area contributed by atoms with E-state index in [0.29, 0.717) is 16.6 Å². The zero-order chi connectivity index (χ0) is 15.4. The van der Waals surface area contributed by atoms with Crippen molar-refractivity contribution in [2.45, 2.75) is 11.8 Å². The van der Waals surface area contributed by atoms with E-state index in [0.717, 1.165) is 16.9 Å². The molecule has 0 aromatic heterocycles. The van der Waals surface area contributed by atoms with Gasteiger partial charge in [-0.05, 0) is 46.1 Å². The Morgan fingerprint density at radius 2 is 1.81 bits per heavy atom. The van der Waals surface area contributed by atoms with Crippen molar-refractivity contribution in [2.75, 3.05) is 14.2 Å². The monoisotopic (exact) mass is 372 g/mol. The summed E-state index contributed by atoms with van der Waals surface area (Å²) in [6.07, 6.45) is 0.611. The molecule has 2 aromatic carbocycles. The minimum Gasteiger partial charge on any atom is -0.497 e. The number of alkyl halides is 1. The molecule has 2 nitrogen and oxygen atoms in total. The quantitative estimate of drug-likeness (QED) is 0.677. The molecular weight excluding hydrogens is 359 g/mol. The van der Waals surface area contributed by atoms with Gasteiger partial charge in [0.15, 0.2) is 0 Å². The predicted octanol–water partition coefficient (Wildman–Crippen LogP) is 5.13. The molecule has 21 heavy (non-hydrogen) atoms. The summed E-state index contributed by atoms with van der Waals surface area (Å²) < 4.78 is 24.2. The van der Waals surface area contributed by atoms with Crippen molar-refractivity contribution in [2.24, 2.45) is 0 Å². The fraction of sp³-hybridized carbons (Fsp3) is 0.250. The molecule has 0 heterocycles. The zero-order valence-electron chi connectivity index (χ0n) is 11.7. The van der Waals surface area contributed by atoms with Gasteiger partial charge in [-0.2, -0.15) is 0 Å². The van der Waals surface area contributed by atoms with E-state index in [4.69, 9.17) is 21.1 Å². The van der Waals surface area contributed by atoms with Gasteiger partial charge in [0.2, 0.25) is 0 Å². The maximum Gasteiger partial charge on any atom is 0.141 e. The minimum atomic E-state index is -0.371. The van der Waals surface area contributed by atoms with Crippen molar-refractivity contribution in [3.63, 3.8) is 0 Å². The number of rotatable bonds is 5. The van der Waals surface area contributed by atoms with Gasteiger partial charge in [0.05, 0.1) is 24.1 Å². The van der Waals surface area contributed by atoms with Crippen LogP contribution in [0.2, 0.25) is 0 Å². The molecule has 0 saturated carbocycles. The topological polar surface area (TPSA) is 18.5 Å². The molecule has 0 saturated heterocycles. The van der Waals surface area contributed by atoms with Crippen LogP contribution in [-0.4, -0.2) is 14.2 Å². The minimum absolute atomic E-state index is 0.315. The van der Waals surface area contributed by atoms with Crippen LogP contribution in [0, 0.1) is 5.82 Å². The fourth-order valence-electron chi connectivity index (χ4n) is 2.04. The Labute approximate surface area is 137 Å². The van der Waals surface area contributed by atoms with Gasteiger partial charge in [-0.15, -0.1) is 11.6 Å². The molecule has 0 aliphatic heterocycles. The first-order valence-electron chi connectivity index (χ1n) is 6.35. The second-order valence-corrected chi connectivity index (χ2v) is 5.91. The Kier molecular flexibility index (Phi) is 5.48. The van der Waals surface area contributed by atoms with Crippen LogP contribution in [0.1, 0.15) is 16.5 Å². The number of hydrogen-bond donors (Lipinski definition) is 0. The van der Waals surface area contributed by atoms with Gasteiger partial charge in [0.25, 0.3) is 0 Å². The van der Waals surface area contributed by atoms with E-state index in [2.05, 4.69) is 15.9 Å². The summed E-state index contributed by atoms with van der Waals surface area (Å²) in [6.45, 7) is 0. The Morgan fingerprint density at radius 3 is 2.38 bits per heavy atom. The van der Waals surface area contributed by atoms with Gasteiger partial charge in [0, 0.05) is 11.6 Å². The second kappa shape index (κ2) is 7.14. The van der Waals surface area contributed by atoms with Gasteiger partial charge < -0.3 is 9.47 Å². The fourth-order valence-corrected chi connectivity index (χ4v) is 2.75. The molecule has 1 atom stereocenters. The summed E-state index contributed by atoms with van der Waals surface area (Å²) in [7, 11) is 3.13. The summed E-state index contributed by atoms with van der Waals surface area (Å²) in [5.41, 5.74) is 1.82. The van der Waals surface area contributed by atoms with Gasteiger partial charge in [-0.3, -0.25) is 0 Å². The third-order valence-electron chi connectivity index (χ3n) is 3.18. The normalized spacial score (nSPS) is 12.0. The highest BCUT2D eigenvalue weighted by Gasteiger charge is 2.17. The highest BCUT2D eigenvalue weighted by atomic mass is 79.9. The second-order valence-electron chi connectivity index (χ2n) is 4.53. The molecule has 112 valence electrons. The Balaban J connectivity index is 2.22. The van der Waals surface area contributed by atoms with E-state index >= 15 is 0 Å². The molecular formula is C16H15BrClFO2. The van der Waals surface area contributed by atoms with Gasteiger partial charge >= 0.3 is 0 Å². The Morgan fingerprint density at radius 1 is 1.14 bits per heavy atom. The number of benzene rings is 2. The first kappa shape index (κ1) is 16.1. The smallest absolute Gasteiger partial charge is 0.141 e. The number of hydrogen-bond acceptors (Lipinski definition) is 2. The molecule has 0 spiro atoms. The van der Waals surface area contributed by atoms with Crippen LogP contribution < -0.4 is 9.47 Å². The average molecular weight is 374 g/mol. The van der Waals surface area contributed by atoms with E-state index in [1.54, 1.807) is 13.2 Å². The number of halogens is 3. The van der Waals surface area contributed by atoms with Crippen molar-refractivity contribution in [1.29, 1.82) is 0 Å². The van der Waals surface area contributed by atoms with Crippen molar-refractivity contribution in [3.05, 3.63) is 57.8 Å². The van der Waals surface area contributed by atoms with E-state index in [1.165, 1.54) is 13.2 Å². The van der Waals surface area contributed by atoms with Crippen molar-refractivity contribution < 1.29 is 13.9 Å². The lowest BCUT2D eigenvalue weighted by Gasteiger charge is -2.15. The summed E-state index contributed by atoms with van der Waals surface area (Å²) >= 11 is 9.64. The largest absolute Gasteiger partial charge is 0.497 e. The van der Waals surface area contributed by atoms with Crippen molar-refractivity contribution in [3.8, 4) is 11.5 Å². The molecule has 1 unspecified atom stereocenters. The maximum atomic E-state index is 13.5. The van der Waals surface area contributed by atoms with Crippen LogP contribution in [0.25, 0.3) is 0 Å². The summed E-state index contributed by atoms with van der Waals surface area (Å²) in [6, 6.07) is 10.7. The molecule has 5 heteroatoms. The molecule has 0 aliphatic carbocycles. The van der Waals surface area contributed by atoms with E-state index in [1.807, 2.05) is 24.3 Å². The van der Waals surface area contributed by atoms with Crippen molar-refractivity contribution >= 4 is 27.5 Å². The third kappa shape index (κ3) is 3.89. The molecule has 2 rings (SSSR count). The van der Waals surface area contributed by atoms with Gasteiger partial charge in [0.1, 0.15) is 17.3 Å². The third-order valence-corrected chi connectivity index (χ3v) is 4.18. The molecule has 2 aromatic rings. The van der Waals surface area contributed by atoms with Crippen LogP contribution >= 0.6 is 27.5 Å². The lowest BCUT2D eigenvalue weighted by molar-refractivity contribution is 0.405. The van der Waals surface area contributed by atoms with Crippen LogP contribution in [0.15, 0.2) is 40.9 Å². The summed E-state index contributed by atoms with van der Waals surface area (Å²) in [5, 5.41) is -0.315. The summed E-state index contributed by atoms with van der Waals surface area (Å²) in [4.78, 5) is 0. The van der Waals surface area contributed by atoms with E-state index < -0.39 is 0 Å². The predicted molar refractivity (Wildman–Crippen MR) is 85.9 cm³/mol. The molecule has 0 radical (unpaired) electrons. The van der Waals surface area contributed by atoms with Crippen LogP contribution in [-0.2, 0) is 6.42 Å². The maximum absolute atomic E-state index is 13.5. The number of ether oxygens (including phenoxy) is 2. The molecule has 0 aliphatic rings. The lowest BCUT2D eigenvalue weighted by atomic mass is 10.0.